The molecule has 0 aromatic carbocycles. The minimum Gasteiger partial charge on any atom is -0.481 e. The molecular formula is C8H11NO7. The van der Waals surface area contributed by atoms with Gasteiger partial charge in [0.1, 0.15) is 0 Å². The predicted octanol–water partition coefficient (Wildman–Crippen LogP) is -2.47. The molecule has 1 fully saturated rings. The number of aliphatic carboxylic acids is 2. The van der Waals surface area contributed by atoms with Gasteiger partial charge in [0.15, 0.2) is 11.2 Å². The van der Waals surface area contributed by atoms with Crippen molar-refractivity contribution in [3.8, 4) is 0 Å². The SMILES string of the molecule is O=C(O)C[C@](O)(C[C@@]1(O)CNC1=O)C(=O)O. The lowest BCUT2D eigenvalue weighted by molar-refractivity contribution is -0.180. The van der Waals surface area contributed by atoms with Gasteiger partial charge in [-0.25, -0.2) is 4.79 Å². The number of hydrogen-bond donors (Lipinski definition) is 5. The minimum absolute atomic E-state index is 0.207. The van der Waals surface area contributed by atoms with Crippen molar-refractivity contribution in [1.82, 2.24) is 5.32 Å². The summed E-state index contributed by atoms with van der Waals surface area (Å²) in [5, 5.41) is 38.4. The number of rotatable bonds is 5. The zero-order valence-electron chi connectivity index (χ0n) is 8.13. The van der Waals surface area contributed by atoms with Crippen LogP contribution in [0.5, 0.6) is 0 Å². The minimum atomic E-state index is -2.65. The molecule has 0 spiro atoms. The molecule has 0 aromatic heterocycles. The number of carboxylic acids is 2. The number of carbonyl (C=O) groups excluding carboxylic acids is 1. The Bertz CT molecular complexity index is 354. The Labute approximate surface area is 89.5 Å². The van der Waals surface area contributed by atoms with Crippen LogP contribution < -0.4 is 5.32 Å². The first kappa shape index (κ1) is 12.4. The Balaban J connectivity index is 2.83. The Morgan fingerprint density at radius 1 is 1.44 bits per heavy atom. The monoisotopic (exact) mass is 233 g/mol. The van der Waals surface area contributed by atoms with Crippen LogP contribution in [-0.2, 0) is 14.4 Å². The smallest absolute Gasteiger partial charge is 0.336 e. The first-order valence-corrected chi connectivity index (χ1v) is 4.38. The van der Waals surface area contributed by atoms with Gasteiger partial charge in [0.25, 0.3) is 5.91 Å². The average molecular weight is 233 g/mol. The number of β-lactam (4-membered cyclic amide) rings is 1. The predicted molar refractivity (Wildman–Crippen MR) is 47.4 cm³/mol. The van der Waals surface area contributed by atoms with Gasteiger partial charge >= 0.3 is 11.9 Å². The third kappa shape index (κ3) is 2.12. The molecule has 1 aliphatic rings. The van der Waals surface area contributed by atoms with E-state index in [9.17, 15) is 24.6 Å². The average Bonchev–Trinajstić information content (AvgIpc) is 2.13. The summed E-state index contributed by atoms with van der Waals surface area (Å²) in [7, 11) is 0. The van der Waals surface area contributed by atoms with E-state index < -0.39 is 41.9 Å². The molecule has 90 valence electrons. The van der Waals surface area contributed by atoms with Crippen LogP contribution in [0, 0.1) is 0 Å². The number of carboxylic acid groups (broad SMARTS) is 2. The fourth-order valence-electron chi connectivity index (χ4n) is 1.46. The van der Waals surface area contributed by atoms with Crippen molar-refractivity contribution < 1.29 is 34.8 Å². The molecular weight excluding hydrogens is 222 g/mol. The number of β-amino-alcohol motifs (C(OH)–C–C–N with tert-alkyl or cyclic N) is 1. The van der Waals surface area contributed by atoms with Crippen molar-refractivity contribution in [2.24, 2.45) is 0 Å². The van der Waals surface area contributed by atoms with E-state index in [0.717, 1.165) is 0 Å². The first-order chi connectivity index (χ1) is 7.19. The maximum Gasteiger partial charge on any atom is 0.336 e. The highest BCUT2D eigenvalue weighted by molar-refractivity contribution is 5.93. The fraction of sp³-hybridized carbons (Fsp3) is 0.625. The molecule has 1 rings (SSSR count). The van der Waals surface area contributed by atoms with Gasteiger partial charge < -0.3 is 25.7 Å². The van der Waals surface area contributed by atoms with E-state index in [2.05, 4.69) is 5.32 Å². The summed E-state index contributed by atoms with van der Waals surface area (Å²) in [6.45, 7) is -0.207. The Morgan fingerprint density at radius 3 is 2.25 bits per heavy atom. The number of carbonyl (C=O) groups is 3. The molecule has 8 nitrogen and oxygen atoms in total. The van der Waals surface area contributed by atoms with Crippen LogP contribution in [0.15, 0.2) is 0 Å². The molecule has 1 aliphatic heterocycles. The highest BCUT2D eigenvalue weighted by Gasteiger charge is 2.53. The van der Waals surface area contributed by atoms with Crippen molar-refractivity contribution in [3.63, 3.8) is 0 Å². The second-order valence-electron chi connectivity index (χ2n) is 3.80. The number of nitrogens with one attached hydrogen (secondary N) is 1. The van der Waals surface area contributed by atoms with Crippen LogP contribution in [0.4, 0.5) is 0 Å². The van der Waals surface area contributed by atoms with Gasteiger partial charge in [-0.2, -0.15) is 0 Å². The largest absolute Gasteiger partial charge is 0.481 e. The molecule has 0 unspecified atom stereocenters. The maximum absolute atomic E-state index is 10.9. The summed E-state index contributed by atoms with van der Waals surface area (Å²) < 4.78 is 0. The van der Waals surface area contributed by atoms with E-state index in [-0.39, 0.29) is 6.54 Å². The van der Waals surface area contributed by atoms with Crippen LogP contribution in [-0.4, -0.2) is 56.0 Å². The van der Waals surface area contributed by atoms with Crippen molar-refractivity contribution in [3.05, 3.63) is 0 Å². The third-order valence-electron chi connectivity index (χ3n) is 2.39. The quantitative estimate of drug-likeness (QED) is 0.331. The van der Waals surface area contributed by atoms with Gasteiger partial charge in [0, 0.05) is 6.42 Å². The second-order valence-corrected chi connectivity index (χ2v) is 3.80. The summed E-state index contributed by atoms with van der Waals surface area (Å²) in [6, 6.07) is 0. The molecule has 16 heavy (non-hydrogen) atoms. The summed E-state index contributed by atoms with van der Waals surface area (Å²) in [4.78, 5) is 32.0. The van der Waals surface area contributed by atoms with Crippen LogP contribution in [0.2, 0.25) is 0 Å². The van der Waals surface area contributed by atoms with Crippen LogP contribution in [0.1, 0.15) is 12.8 Å². The molecule has 8 heteroatoms. The van der Waals surface area contributed by atoms with Gasteiger partial charge in [-0.05, 0) is 0 Å². The molecule has 0 radical (unpaired) electrons. The molecule has 0 aliphatic carbocycles. The molecule has 0 bridgehead atoms. The van der Waals surface area contributed by atoms with Crippen molar-refractivity contribution in [2.45, 2.75) is 24.0 Å². The zero-order valence-corrected chi connectivity index (χ0v) is 8.13. The molecule has 2 atom stereocenters. The highest BCUT2D eigenvalue weighted by Crippen LogP contribution is 2.28. The van der Waals surface area contributed by atoms with Gasteiger partial charge in [-0.3, -0.25) is 9.59 Å². The van der Waals surface area contributed by atoms with Gasteiger partial charge in [0.2, 0.25) is 0 Å². The van der Waals surface area contributed by atoms with Crippen molar-refractivity contribution in [2.75, 3.05) is 6.54 Å². The van der Waals surface area contributed by atoms with E-state index >= 15 is 0 Å². The lowest BCUT2D eigenvalue weighted by Crippen LogP contribution is -2.68. The number of aliphatic hydroxyl groups is 2. The summed E-state index contributed by atoms with van der Waals surface area (Å²) in [5.41, 5.74) is -4.67. The molecule has 5 N–H and O–H groups in total. The summed E-state index contributed by atoms with van der Waals surface area (Å²) in [5.74, 6) is -4.14. The van der Waals surface area contributed by atoms with E-state index in [1.54, 1.807) is 0 Å². The van der Waals surface area contributed by atoms with Crippen molar-refractivity contribution in [1.29, 1.82) is 0 Å². The molecule has 1 saturated heterocycles. The summed E-state index contributed by atoms with van der Waals surface area (Å²) in [6.07, 6.45) is -1.94. The number of amides is 1. The van der Waals surface area contributed by atoms with Gasteiger partial charge in [-0.1, -0.05) is 0 Å². The lowest BCUT2D eigenvalue weighted by Gasteiger charge is -2.39. The van der Waals surface area contributed by atoms with Gasteiger partial charge in [0.05, 0.1) is 13.0 Å². The zero-order chi connectivity index (χ0) is 12.6. The highest BCUT2D eigenvalue weighted by atomic mass is 16.4. The van der Waals surface area contributed by atoms with E-state index in [1.807, 2.05) is 0 Å². The van der Waals surface area contributed by atoms with Crippen LogP contribution in [0.25, 0.3) is 0 Å². The number of hydrogen-bond acceptors (Lipinski definition) is 5. The molecule has 1 heterocycles. The molecule has 0 saturated carbocycles. The second kappa shape index (κ2) is 3.72. The topological polar surface area (TPSA) is 144 Å². The Morgan fingerprint density at radius 2 is 2.00 bits per heavy atom. The van der Waals surface area contributed by atoms with Crippen molar-refractivity contribution >= 4 is 17.8 Å². The fourth-order valence-corrected chi connectivity index (χ4v) is 1.46. The van der Waals surface area contributed by atoms with Crippen LogP contribution in [0.3, 0.4) is 0 Å². The molecule has 0 aromatic rings. The third-order valence-corrected chi connectivity index (χ3v) is 2.39. The van der Waals surface area contributed by atoms with E-state index in [4.69, 9.17) is 10.2 Å². The van der Waals surface area contributed by atoms with Crippen LogP contribution >= 0.6 is 0 Å². The summed E-state index contributed by atoms with van der Waals surface area (Å²) >= 11 is 0. The maximum atomic E-state index is 10.9. The normalized spacial score (nSPS) is 27.5. The molecule has 1 amide bonds. The van der Waals surface area contributed by atoms with E-state index in [1.165, 1.54) is 0 Å². The lowest BCUT2D eigenvalue weighted by atomic mass is 9.80. The van der Waals surface area contributed by atoms with E-state index in [0.29, 0.717) is 0 Å². The van der Waals surface area contributed by atoms with Gasteiger partial charge in [-0.15, -0.1) is 0 Å². The first-order valence-electron chi connectivity index (χ1n) is 4.38. The Kier molecular flexibility index (Phi) is 2.89. The Hall–Kier alpha value is -1.67. The standard InChI is InChI=1S/C8H11NO7/c10-4(11)1-7(15,6(13)14)2-8(16)3-9-5(8)12/h15-16H,1-3H2,(H,9,12)(H,10,11)(H,13,14)/t7-,8+/m0/s1.